The number of benzene rings is 2. The summed E-state index contributed by atoms with van der Waals surface area (Å²) >= 11 is 0. The van der Waals surface area contributed by atoms with Crippen LogP contribution in [0.2, 0.25) is 0 Å². The van der Waals surface area contributed by atoms with Gasteiger partial charge < -0.3 is 9.52 Å². The fourth-order valence-electron chi connectivity index (χ4n) is 3.95. The summed E-state index contributed by atoms with van der Waals surface area (Å²) in [6, 6.07) is 10.2. The number of hydrogen-bond donors (Lipinski definition) is 1. The molecule has 0 aliphatic carbocycles. The quantitative estimate of drug-likeness (QED) is 0.628. The lowest BCUT2D eigenvalue weighted by Gasteiger charge is -2.34. The summed E-state index contributed by atoms with van der Waals surface area (Å²) in [7, 11) is 0. The highest BCUT2D eigenvalue weighted by molar-refractivity contribution is 5.84. The largest absolute Gasteiger partial charge is 0.508 e. The predicted octanol–water partition coefficient (Wildman–Crippen LogP) is 4.14. The standard InChI is InChI=1S/C23H23F3N2O3/c1-15-20(29)7-6-19-17(12-21(30)31-22(15)19)14-28-10-8-27(9-11-28)13-16-2-4-18(5-3-16)23(24,25)26/h2-7,12,29H,8-11,13-14H2,1H3. The van der Waals surface area contributed by atoms with Crippen LogP contribution in [-0.2, 0) is 19.3 Å². The molecule has 0 amide bonds. The van der Waals surface area contributed by atoms with E-state index in [1.807, 2.05) is 0 Å². The molecular formula is C23H23F3N2O3. The van der Waals surface area contributed by atoms with Gasteiger partial charge in [-0.15, -0.1) is 0 Å². The van der Waals surface area contributed by atoms with Crippen molar-refractivity contribution in [3.63, 3.8) is 0 Å². The number of fused-ring (bicyclic) bond motifs is 1. The molecule has 31 heavy (non-hydrogen) atoms. The van der Waals surface area contributed by atoms with E-state index in [0.29, 0.717) is 24.2 Å². The highest BCUT2D eigenvalue weighted by Crippen LogP contribution is 2.30. The zero-order valence-corrected chi connectivity index (χ0v) is 17.1. The molecule has 1 N–H and O–H groups in total. The van der Waals surface area contributed by atoms with Crippen molar-refractivity contribution >= 4 is 11.0 Å². The van der Waals surface area contributed by atoms with Crippen molar-refractivity contribution in [2.75, 3.05) is 26.2 Å². The van der Waals surface area contributed by atoms with Crippen LogP contribution in [0.4, 0.5) is 13.2 Å². The summed E-state index contributed by atoms with van der Waals surface area (Å²) in [5.74, 6) is 0.0877. The van der Waals surface area contributed by atoms with Gasteiger partial charge in [-0.1, -0.05) is 12.1 Å². The Morgan fingerprint density at radius 2 is 1.58 bits per heavy atom. The molecule has 5 nitrogen and oxygen atoms in total. The molecular weight excluding hydrogens is 409 g/mol. The van der Waals surface area contributed by atoms with Gasteiger partial charge in [-0.25, -0.2) is 4.79 Å². The van der Waals surface area contributed by atoms with Crippen molar-refractivity contribution in [1.29, 1.82) is 0 Å². The SMILES string of the molecule is Cc1c(O)ccc2c(CN3CCN(Cc4ccc(C(F)(F)F)cc4)CC3)cc(=O)oc12. The Morgan fingerprint density at radius 1 is 0.968 bits per heavy atom. The maximum absolute atomic E-state index is 12.7. The van der Waals surface area contributed by atoms with Gasteiger partial charge in [0, 0.05) is 56.3 Å². The van der Waals surface area contributed by atoms with Crippen LogP contribution >= 0.6 is 0 Å². The van der Waals surface area contributed by atoms with E-state index in [2.05, 4.69) is 9.80 Å². The maximum Gasteiger partial charge on any atom is 0.416 e. The van der Waals surface area contributed by atoms with E-state index in [1.54, 1.807) is 19.1 Å². The topological polar surface area (TPSA) is 56.9 Å². The average molecular weight is 432 g/mol. The number of alkyl halides is 3. The molecule has 0 unspecified atom stereocenters. The van der Waals surface area contributed by atoms with Crippen molar-refractivity contribution in [3.05, 3.63) is 75.1 Å². The van der Waals surface area contributed by atoms with E-state index in [4.69, 9.17) is 4.42 Å². The average Bonchev–Trinajstić information content (AvgIpc) is 2.72. The van der Waals surface area contributed by atoms with Gasteiger partial charge in [-0.3, -0.25) is 9.80 Å². The molecule has 2 aromatic carbocycles. The lowest BCUT2D eigenvalue weighted by atomic mass is 10.1. The molecule has 0 bridgehead atoms. The summed E-state index contributed by atoms with van der Waals surface area (Å²) in [5.41, 5.74) is 1.57. The van der Waals surface area contributed by atoms with Crippen LogP contribution in [-0.4, -0.2) is 41.1 Å². The van der Waals surface area contributed by atoms with E-state index in [-0.39, 0.29) is 5.75 Å². The molecule has 1 saturated heterocycles. The molecule has 0 radical (unpaired) electrons. The monoisotopic (exact) mass is 432 g/mol. The molecule has 1 aliphatic rings. The van der Waals surface area contributed by atoms with E-state index in [0.717, 1.165) is 54.8 Å². The third kappa shape index (κ3) is 4.75. The lowest BCUT2D eigenvalue weighted by molar-refractivity contribution is -0.137. The minimum atomic E-state index is -4.32. The molecule has 1 aliphatic heterocycles. The zero-order valence-electron chi connectivity index (χ0n) is 17.1. The van der Waals surface area contributed by atoms with Crippen molar-refractivity contribution in [2.45, 2.75) is 26.2 Å². The highest BCUT2D eigenvalue weighted by atomic mass is 19.4. The van der Waals surface area contributed by atoms with Gasteiger partial charge in [-0.2, -0.15) is 13.2 Å². The lowest BCUT2D eigenvalue weighted by Crippen LogP contribution is -2.45. The first kappa shape index (κ1) is 21.4. The molecule has 0 saturated carbocycles. The van der Waals surface area contributed by atoms with E-state index in [1.165, 1.54) is 18.2 Å². The number of aryl methyl sites for hydroxylation is 1. The normalized spacial score (nSPS) is 16.1. The van der Waals surface area contributed by atoms with Crippen molar-refractivity contribution in [3.8, 4) is 5.75 Å². The summed E-state index contributed by atoms with van der Waals surface area (Å²) in [5, 5.41) is 10.7. The van der Waals surface area contributed by atoms with Gasteiger partial charge >= 0.3 is 11.8 Å². The van der Waals surface area contributed by atoms with Gasteiger partial charge in [0.2, 0.25) is 0 Å². The fourth-order valence-corrected chi connectivity index (χ4v) is 3.95. The van der Waals surface area contributed by atoms with Crippen LogP contribution in [0.1, 0.15) is 22.3 Å². The van der Waals surface area contributed by atoms with Crippen LogP contribution in [0.15, 0.2) is 51.7 Å². The second-order valence-electron chi connectivity index (χ2n) is 7.92. The Balaban J connectivity index is 1.40. The Kier molecular flexibility index (Phi) is 5.77. The Bertz CT molecular complexity index is 1130. The summed E-state index contributed by atoms with van der Waals surface area (Å²) < 4.78 is 43.4. The number of piperazine rings is 1. The molecule has 4 rings (SSSR count). The first-order chi connectivity index (χ1) is 14.7. The molecule has 0 spiro atoms. The minimum absolute atomic E-state index is 0.0877. The van der Waals surface area contributed by atoms with Gasteiger partial charge in [0.05, 0.1) is 5.56 Å². The van der Waals surface area contributed by atoms with Crippen LogP contribution in [0, 0.1) is 6.92 Å². The molecule has 8 heteroatoms. The van der Waals surface area contributed by atoms with Crippen molar-refractivity contribution in [1.82, 2.24) is 9.80 Å². The van der Waals surface area contributed by atoms with Gasteiger partial charge in [0.15, 0.2) is 0 Å². The molecule has 1 fully saturated rings. The minimum Gasteiger partial charge on any atom is -0.508 e. The van der Waals surface area contributed by atoms with Crippen LogP contribution in [0.3, 0.4) is 0 Å². The smallest absolute Gasteiger partial charge is 0.416 e. The number of nitrogens with zero attached hydrogens (tertiary/aromatic N) is 2. The molecule has 0 atom stereocenters. The number of hydrogen-bond acceptors (Lipinski definition) is 5. The second kappa shape index (κ2) is 8.36. The predicted molar refractivity (Wildman–Crippen MR) is 111 cm³/mol. The second-order valence-corrected chi connectivity index (χ2v) is 7.92. The summed E-state index contributed by atoms with van der Waals surface area (Å²) in [6.45, 7) is 6.01. The van der Waals surface area contributed by atoms with Crippen LogP contribution < -0.4 is 5.63 Å². The maximum atomic E-state index is 12.7. The summed E-state index contributed by atoms with van der Waals surface area (Å²) in [4.78, 5) is 16.4. The van der Waals surface area contributed by atoms with E-state index < -0.39 is 17.4 Å². The number of phenols is 1. The number of halogens is 3. The molecule has 2 heterocycles. The van der Waals surface area contributed by atoms with Crippen molar-refractivity contribution in [2.24, 2.45) is 0 Å². The Labute approximate surface area is 177 Å². The van der Waals surface area contributed by atoms with E-state index in [9.17, 15) is 23.1 Å². The fraction of sp³-hybridized carbons (Fsp3) is 0.348. The number of phenolic OH excluding ortho intramolecular Hbond substituents is 1. The van der Waals surface area contributed by atoms with Crippen LogP contribution in [0.25, 0.3) is 11.0 Å². The number of aromatic hydroxyl groups is 1. The van der Waals surface area contributed by atoms with Gasteiger partial charge in [-0.05, 0) is 42.3 Å². The zero-order chi connectivity index (χ0) is 22.2. The first-order valence-corrected chi connectivity index (χ1v) is 10.1. The third-order valence-corrected chi connectivity index (χ3v) is 5.76. The third-order valence-electron chi connectivity index (χ3n) is 5.76. The molecule has 1 aromatic heterocycles. The van der Waals surface area contributed by atoms with Crippen LogP contribution in [0.5, 0.6) is 5.75 Å². The molecule has 3 aromatic rings. The highest BCUT2D eigenvalue weighted by Gasteiger charge is 2.30. The van der Waals surface area contributed by atoms with Crippen molar-refractivity contribution < 1.29 is 22.7 Å². The number of rotatable bonds is 4. The van der Waals surface area contributed by atoms with Gasteiger partial charge in [0.1, 0.15) is 11.3 Å². The van der Waals surface area contributed by atoms with Gasteiger partial charge in [0.25, 0.3) is 0 Å². The van der Waals surface area contributed by atoms with E-state index >= 15 is 0 Å². The Hall–Kier alpha value is -2.84. The molecule has 164 valence electrons. The first-order valence-electron chi connectivity index (χ1n) is 10.1. The Morgan fingerprint density at radius 3 is 2.19 bits per heavy atom. The summed E-state index contributed by atoms with van der Waals surface area (Å²) in [6.07, 6.45) is -4.32.